The van der Waals surface area contributed by atoms with Crippen molar-refractivity contribution in [2.75, 3.05) is 6.61 Å². The summed E-state index contributed by atoms with van der Waals surface area (Å²) < 4.78 is 82.1. The van der Waals surface area contributed by atoms with Crippen molar-refractivity contribution >= 4 is 17.0 Å². The summed E-state index contributed by atoms with van der Waals surface area (Å²) in [5.41, 5.74) is 2.05. The maximum atomic E-state index is 14.7. The quantitative estimate of drug-likeness (QED) is 0.219. The van der Waals surface area contributed by atoms with Crippen LogP contribution in [0.2, 0.25) is 0 Å². The van der Waals surface area contributed by atoms with E-state index in [1.54, 1.807) is 26.1 Å². The summed E-state index contributed by atoms with van der Waals surface area (Å²) >= 11 is 0. The molecule has 202 valence electrons. The second kappa shape index (κ2) is 9.03. The predicted molar refractivity (Wildman–Crippen MR) is 129 cm³/mol. The number of esters is 1. The van der Waals surface area contributed by atoms with E-state index < -0.39 is 29.2 Å². The molecule has 0 amide bonds. The molecular weight excluding hydrogens is 521 g/mol. The van der Waals surface area contributed by atoms with E-state index >= 15 is 0 Å². The molecule has 39 heavy (non-hydrogen) atoms. The van der Waals surface area contributed by atoms with Crippen molar-refractivity contribution in [3.63, 3.8) is 0 Å². The number of carbonyl (C=O) groups is 1. The van der Waals surface area contributed by atoms with Gasteiger partial charge in [-0.25, -0.2) is 18.7 Å². The number of imidazole rings is 1. The van der Waals surface area contributed by atoms with Gasteiger partial charge in [0.2, 0.25) is 11.7 Å². The number of rotatable bonds is 6. The highest BCUT2D eigenvalue weighted by Gasteiger charge is 2.60. The number of pyridine rings is 1. The molecule has 2 aromatic carbocycles. The normalized spacial score (nSPS) is 19.6. The fourth-order valence-corrected chi connectivity index (χ4v) is 5.65. The lowest BCUT2D eigenvalue weighted by molar-refractivity contribution is -0.146. The summed E-state index contributed by atoms with van der Waals surface area (Å²) in [6, 6.07) is 8.15. The van der Waals surface area contributed by atoms with Gasteiger partial charge in [0.15, 0.2) is 11.6 Å². The van der Waals surface area contributed by atoms with E-state index in [9.17, 15) is 26.7 Å². The van der Waals surface area contributed by atoms with Gasteiger partial charge in [-0.15, -0.1) is 0 Å². The van der Waals surface area contributed by atoms with Gasteiger partial charge in [-0.2, -0.15) is 13.2 Å². The molecule has 0 N–H and O–H groups in total. The molecule has 0 saturated heterocycles. The highest BCUT2D eigenvalue weighted by Crippen LogP contribution is 2.61. The summed E-state index contributed by atoms with van der Waals surface area (Å²) in [5, 5.41) is 0. The number of alkyl halides is 3. The van der Waals surface area contributed by atoms with E-state index in [1.807, 2.05) is 6.07 Å². The third-order valence-electron chi connectivity index (χ3n) is 7.54. The number of halogens is 5. The van der Waals surface area contributed by atoms with Gasteiger partial charge in [0, 0.05) is 18.2 Å². The van der Waals surface area contributed by atoms with E-state index in [0.717, 1.165) is 23.3 Å². The first-order chi connectivity index (χ1) is 18.6. The maximum absolute atomic E-state index is 14.7. The molecule has 2 heterocycles. The molecule has 0 unspecified atom stereocenters. The van der Waals surface area contributed by atoms with Crippen molar-refractivity contribution in [1.82, 2.24) is 14.5 Å². The second-order valence-electron chi connectivity index (χ2n) is 9.74. The highest BCUT2D eigenvalue weighted by atomic mass is 19.4. The van der Waals surface area contributed by atoms with Crippen LogP contribution in [0.4, 0.5) is 22.0 Å². The van der Waals surface area contributed by atoms with Gasteiger partial charge < -0.3 is 9.47 Å². The molecule has 0 aliphatic heterocycles. The Labute approximate surface area is 219 Å². The molecule has 6 nitrogen and oxygen atoms in total. The van der Waals surface area contributed by atoms with Crippen molar-refractivity contribution in [2.45, 2.75) is 39.0 Å². The summed E-state index contributed by atoms with van der Waals surface area (Å²) in [6.07, 6.45) is -2.50. The lowest BCUT2D eigenvalue weighted by atomic mass is 10.0. The minimum absolute atomic E-state index is 0.00225. The Hall–Kier alpha value is -4.02. The minimum atomic E-state index is -4.91. The number of carbonyl (C=O) groups excluding carboxylic acids is 1. The van der Waals surface area contributed by atoms with Gasteiger partial charge in [0.05, 0.1) is 23.7 Å². The van der Waals surface area contributed by atoms with Crippen LogP contribution in [-0.4, -0.2) is 27.1 Å². The van der Waals surface area contributed by atoms with Crippen molar-refractivity contribution in [3.05, 3.63) is 82.3 Å². The summed E-state index contributed by atoms with van der Waals surface area (Å²) in [5.74, 6) is -3.71. The molecule has 1 saturated carbocycles. The van der Waals surface area contributed by atoms with Crippen LogP contribution in [-0.2, 0) is 28.7 Å². The second-order valence-corrected chi connectivity index (χ2v) is 9.74. The number of aromatic nitrogens is 3. The van der Waals surface area contributed by atoms with Crippen molar-refractivity contribution in [2.24, 2.45) is 11.8 Å². The van der Waals surface area contributed by atoms with Crippen LogP contribution in [0, 0.1) is 30.4 Å². The molecular formula is C28H22F5N3O3. The Bertz CT molecular complexity index is 1630. The summed E-state index contributed by atoms with van der Waals surface area (Å²) in [4.78, 5) is 20.0. The van der Waals surface area contributed by atoms with Gasteiger partial charge in [0.25, 0.3) is 0 Å². The SMILES string of the molecule is CCOC(=O)[C@H]1[C@@H]2Cc3cc(OCc4cccc(-n5c(C(F)(F)F)nc6ccc(F)c(F)c65)c4C)ncc3[C@@H]21. The van der Waals surface area contributed by atoms with Gasteiger partial charge in [0.1, 0.15) is 12.1 Å². The van der Waals surface area contributed by atoms with Crippen LogP contribution in [0.25, 0.3) is 16.7 Å². The Morgan fingerprint density at radius 1 is 1.18 bits per heavy atom. The fraction of sp³-hybridized carbons (Fsp3) is 0.321. The van der Waals surface area contributed by atoms with Crippen molar-refractivity contribution < 1.29 is 36.2 Å². The molecule has 4 aromatic rings. The molecule has 11 heteroatoms. The number of hydrogen-bond donors (Lipinski definition) is 0. The first kappa shape index (κ1) is 25.3. The monoisotopic (exact) mass is 543 g/mol. The smallest absolute Gasteiger partial charge is 0.450 e. The Kier molecular flexibility index (Phi) is 5.85. The lowest BCUT2D eigenvalue weighted by Crippen LogP contribution is -2.15. The van der Waals surface area contributed by atoms with Crippen LogP contribution in [0.3, 0.4) is 0 Å². The van der Waals surface area contributed by atoms with Crippen LogP contribution in [0.1, 0.15) is 40.9 Å². The van der Waals surface area contributed by atoms with Gasteiger partial charge in [-0.3, -0.25) is 9.36 Å². The zero-order valence-corrected chi connectivity index (χ0v) is 20.9. The number of nitrogens with zero attached hydrogens (tertiary/aromatic N) is 3. The molecule has 2 aliphatic rings. The van der Waals surface area contributed by atoms with E-state index in [-0.39, 0.29) is 41.5 Å². The average Bonchev–Trinajstić information content (AvgIpc) is 3.25. The standard InChI is InChI=1S/C28H22F5N3O3/c1-3-38-26(37)23-16-9-15-10-21(34-11-17(15)22(16)23)39-12-14-5-4-6-20(13(14)2)36-25-19(8-7-18(29)24(25)30)35-27(36)28(31,32)33/h4-8,10-11,16,22-23H,3,9,12H2,1-2H3/t16-,22-,23+/m1/s1. The van der Waals surface area contributed by atoms with Crippen molar-refractivity contribution in [3.8, 4) is 11.6 Å². The Morgan fingerprint density at radius 3 is 2.72 bits per heavy atom. The van der Waals surface area contributed by atoms with E-state index in [2.05, 4.69) is 9.97 Å². The van der Waals surface area contributed by atoms with E-state index in [4.69, 9.17) is 9.47 Å². The molecule has 0 bridgehead atoms. The fourth-order valence-electron chi connectivity index (χ4n) is 5.65. The molecule has 2 aromatic heterocycles. The lowest BCUT2D eigenvalue weighted by Gasteiger charge is -2.17. The number of fused-ring (bicyclic) bond motifs is 4. The molecule has 1 fully saturated rings. The first-order valence-electron chi connectivity index (χ1n) is 12.4. The molecule has 0 spiro atoms. The third kappa shape index (κ3) is 4.11. The maximum Gasteiger partial charge on any atom is 0.450 e. The predicted octanol–water partition coefficient (Wildman–Crippen LogP) is 6.05. The molecule has 6 rings (SSSR count). The topological polar surface area (TPSA) is 66.2 Å². The first-order valence-corrected chi connectivity index (χ1v) is 12.4. The molecule has 2 aliphatic carbocycles. The zero-order valence-electron chi connectivity index (χ0n) is 20.9. The summed E-state index contributed by atoms with van der Waals surface area (Å²) in [6.45, 7) is 3.68. The minimum Gasteiger partial charge on any atom is -0.473 e. The van der Waals surface area contributed by atoms with Crippen LogP contribution < -0.4 is 4.74 Å². The number of benzene rings is 2. The van der Waals surface area contributed by atoms with Gasteiger partial charge in [-0.1, -0.05) is 12.1 Å². The largest absolute Gasteiger partial charge is 0.473 e. The number of hydrogen-bond acceptors (Lipinski definition) is 5. The van der Waals surface area contributed by atoms with E-state index in [0.29, 0.717) is 34.6 Å². The highest BCUT2D eigenvalue weighted by molar-refractivity contribution is 5.80. The van der Waals surface area contributed by atoms with Crippen LogP contribution >= 0.6 is 0 Å². The van der Waals surface area contributed by atoms with Gasteiger partial charge in [-0.05, 0) is 66.6 Å². The Morgan fingerprint density at radius 2 is 1.97 bits per heavy atom. The summed E-state index contributed by atoms with van der Waals surface area (Å²) in [7, 11) is 0. The Balaban J connectivity index is 1.28. The number of ether oxygens (including phenoxy) is 2. The van der Waals surface area contributed by atoms with Crippen molar-refractivity contribution in [1.29, 1.82) is 0 Å². The zero-order chi connectivity index (χ0) is 27.6. The third-order valence-corrected chi connectivity index (χ3v) is 7.54. The molecule has 3 atom stereocenters. The van der Waals surface area contributed by atoms with Crippen LogP contribution in [0.15, 0.2) is 42.6 Å². The van der Waals surface area contributed by atoms with Gasteiger partial charge >= 0.3 is 12.1 Å². The average molecular weight is 543 g/mol. The van der Waals surface area contributed by atoms with E-state index in [1.165, 1.54) is 12.1 Å². The molecule has 0 radical (unpaired) electrons. The van der Waals surface area contributed by atoms with Crippen LogP contribution in [0.5, 0.6) is 5.88 Å².